The normalized spacial score (nSPS) is 10.2. The van der Waals surface area contributed by atoms with E-state index in [0.29, 0.717) is 11.4 Å². The van der Waals surface area contributed by atoms with Gasteiger partial charge in [0.15, 0.2) is 6.61 Å². The Morgan fingerprint density at radius 1 is 1.35 bits per heavy atom. The number of unbranched alkanes of at least 4 members (excludes halogenated alkanes) is 2. The highest BCUT2D eigenvalue weighted by atomic mass is 16.5. The smallest absolute Gasteiger partial charge is 0.255 e. The minimum atomic E-state index is -0.471. The lowest BCUT2D eigenvalue weighted by molar-refractivity contribution is -0.119. The summed E-state index contributed by atoms with van der Waals surface area (Å²) in [6.45, 7) is 2.06. The van der Waals surface area contributed by atoms with Gasteiger partial charge in [0.05, 0.1) is 0 Å². The Balaban J connectivity index is 2.69. The van der Waals surface area contributed by atoms with Crippen LogP contribution in [0.2, 0.25) is 0 Å². The molecule has 1 rings (SSSR count). The van der Waals surface area contributed by atoms with E-state index in [2.05, 4.69) is 6.92 Å². The van der Waals surface area contributed by atoms with Crippen LogP contribution in [0.5, 0.6) is 5.75 Å². The van der Waals surface area contributed by atoms with Gasteiger partial charge in [-0.25, -0.2) is 0 Å². The molecule has 0 saturated heterocycles. The van der Waals surface area contributed by atoms with E-state index in [1.54, 1.807) is 12.1 Å². The highest BCUT2D eigenvalue weighted by Gasteiger charge is 2.05. The molecule has 1 aromatic rings. The fourth-order valence-electron chi connectivity index (χ4n) is 1.65. The van der Waals surface area contributed by atoms with Crippen molar-refractivity contribution in [2.75, 3.05) is 12.3 Å². The number of carbonyl (C=O) groups is 1. The Morgan fingerprint density at radius 2 is 2.12 bits per heavy atom. The third kappa shape index (κ3) is 4.76. The first kappa shape index (κ1) is 13.4. The van der Waals surface area contributed by atoms with Crippen LogP contribution in [-0.2, 0) is 11.2 Å². The molecule has 0 saturated carbocycles. The molecular weight excluding hydrogens is 216 g/mol. The van der Waals surface area contributed by atoms with Gasteiger partial charge in [-0.1, -0.05) is 19.8 Å². The molecule has 17 heavy (non-hydrogen) atoms. The van der Waals surface area contributed by atoms with Crippen LogP contribution in [0.1, 0.15) is 31.7 Å². The summed E-state index contributed by atoms with van der Waals surface area (Å²) in [6, 6.07) is 5.45. The lowest BCUT2D eigenvalue weighted by atomic mass is 10.1. The molecule has 0 atom stereocenters. The first-order valence-electron chi connectivity index (χ1n) is 5.93. The number of nitrogen functional groups attached to an aromatic ring is 1. The van der Waals surface area contributed by atoms with Gasteiger partial charge in [0.2, 0.25) is 0 Å². The number of hydrogen-bond acceptors (Lipinski definition) is 3. The zero-order valence-corrected chi connectivity index (χ0v) is 10.2. The fourth-order valence-corrected chi connectivity index (χ4v) is 1.65. The lowest BCUT2D eigenvalue weighted by Crippen LogP contribution is -2.20. The van der Waals surface area contributed by atoms with Crippen molar-refractivity contribution < 1.29 is 9.53 Å². The number of benzene rings is 1. The van der Waals surface area contributed by atoms with E-state index in [1.165, 1.54) is 12.8 Å². The molecule has 0 spiro atoms. The van der Waals surface area contributed by atoms with Crippen molar-refractivity contribution in [1.82, 2.24) is 0 Å². The summed E-state index contributed by atoms with van der Waals surface area (Å²) in [6.07, 6.45) is 4.34. The van der Waals surface area contributed by atoms with E-state index >= 15 is 0 Å². The number of aryl methyl sites for hydroxylation is 1. The molecule has 0 fully saturated rings. The molecule has 1 amide bonds. The molecule has 0 bridgehead atoms. The van der Waals surface area contributed by atoms with Gasteiger partial charge in [0.25, 0.3) is 5.91 Å². The van der Waals surface area contributed by atoms with E-state index in [9.17, 15) is 4.79 Å². The maximum Gasteiger partial charge on any atom is 0.255 e. The molecule has 1 aromatic carbocycles. The summed E-state index contributed by atoms with van der Waals surface area (Å²) >= 11 is 0. The number of hydrogen-bond donors (Lipinski definition) is 2. The maximum absolute atomic E-state index is 10.7. The second-order valence-corrected chi connectivity index (χ2v) is 4.08. The van der Waals surface area contributed by atoms with E-state index < -0.39 is 5.91 Å². The Kier molecular flexibility index (Phi) is 5.33. The number of anilines is 1. The second kappa shape index (κ2) is 6.78. The van der Waals surface area contributed by atoms with Crippen LogP contribution in [0.15, 0.2) is 18.2 Å². The van der Waals surface area contributed by atoms with Crippen LogP contribution in [0.4, 0.5) is 5.69 Å². The quantitative estimate of drug-likeness (QED) is 0.560. The predicted octanol–water partition coefficient (Wildman–Crippen LogP) is 1.87. The summed E-state index contributed by atoms with van der Waals surface area (Å²) in [5.41, 5.74) is 12.5. The zero-order valence-electron chi connectivity index (χ0n) is 10.2. The molecule has 0 aliphatic rings. The van der Waals surface area contributed by atoms with Gasteiger partial charge in [-0.3, -0.25) is 4.79 Å². The van der Waals surface area contributed by atoms with Crippen LogP contribution in [0.25, 0.3) is 0 Å². The van der Waals surface area contributed by atoms with Crippen molar-refractivity contribution in [3.8, 4) is 5.75 Å². The van der Waals surface area contributed by atoms with Gasteiger partial charge in [-0.2, -0.15) is 0 Å². The Labute approximate surface area is 102 Å². The highest BCUT2D eigenvalue weighted by molar-refractivity contribution is 5.75. The largest absolute Gasteiger partial charge is 0.484 e. The van der Waals surface area contributed by atoms with Crippen LogP contribution >= 0.6 is 0 Å². The molecule has 0 aliphatic heterocycles. The van der Waals surface area contributed by atoms with Crippen molar-refractivity contribution in [1.29, 1.82) is 0 Å². The summed E-state index contributed by atoms with van der Waals surface area (Å²) in [4.78, 5) is 10.7. The average molecular weight is 236 g/mol. The second-order valence-electron chi connectivity index (χ2n) is 4.08. The van der Waals surface area contributed by atoms with Crippen molar-refractivity contribution >= 4 is 11.6 Å². The van der Waals surface area contributed by atoms with Gasteiger partial charge >= 0.3 is 0 Å². The Bertz CT molecular complexity index is 378. The van der Waals surface area contributed by atoms with E-state index in [0.717, 1.165) is 18.4 Å². The first-order valence-corrected chi connectivity index (χ1v) is 5.93. The standard InChI is InChI=1S/C13H20N2O2/c1-2-3-4-5-10-8-11(14)6-7-12(10)17-9-13(15)16/h6-8H,2-5,9,14H2,1H3,(H2,15,16). The van der Waals surface area contributed by atoms with Crippen LogP contribution in [0, 0.1) is 0 Å². The summed E-state index contributed by atoms with van der Waals surface area (Å²) in [7, 11) is 0. The van der Waals surface area contributed by atoms with Gasteiger partial charge < -0.3 is 16.2 Å². The van der Waals surface area contributed by atoms with E-state index in [1.807, 2.05) is 6.07 Å². The summed E-state index contributed by atoms with van der Waals surface area (Å²) < 4.78 is 5.35. The van der Waals surface area contributed by atoms with E-state index in [4.69, 9.17) is 16.2 Å². The SMILES string of the molecule is CCCCCc1cc(N)ccc1OCC(N)=O. The van der Waals surface area contributed by atoms with Crippen molar-refractivity contribution in [2.45, 2.75) is 32.6 Å². The van der Waals surface area contributed by atoms with Gasteiger partial charge in [-0.05, 0) is 36.6 Å². The van der Waals surface area contributed by atoms with Gasteiger partial charge in [-0.15, -0.1) is 0 Å². The number of amides is 1. The average Bonchev–Trinajstić information content (AvgIpc) is 2.28. The minimum Gasteiger partial charge on any atom is -0.484 e. The molecule has 0 aliphatic carbocycles. The fraction of sp³-hybridized carbons (Fsp3) is 0.462. The molecule has 0 heterocycles. The zero-order chi connectivity index (χ0) is 12.7. The molecule has 0 aromatic heterocycles. The number of primary amides is 1. The molecule has 94 valence electrons. The molecule has 4 heteroatoms. The maximum atomic E-state index is 10.7. The van der Waals surface area contributed by atoms with Crippen LogP contribution in [-0.4, -0.2) is 12.5 Å². The van der Waals surface area contributed by atoms with Gasteiger partial charge in [0.1, 0.15) is 5.75 Å². The van der Waals surface area contributed by atoms with Crippen LogP contribution in [0.3, 0.4) is 0 Å². The van der Waals surface area contributed by atoms with Gasteiger partial charge in [0, 0.05) is 5.69 Å². The third-order valence-corrected chi connectivity index (χ3v) is 2.50. The summed E-state index contributed by atoms with van der Waals surface area (Å²) in [5, 5.41) is 0. The molecule has 0 unspecified atom stereocenters. The number of carbonyl (C=O) groups excluding carboxylic acids is 1. The lowest BCUT2D eigenvalue weighted by Gasteiger charge is -2.11. The van der Waals surface area contributed by atoms with E-state index in [-0.39, 0.29) is 6.61 Å². The highest BCUT2D eigenvalue weighted by Crippen LogP contribution is 2.23. The predicted molar refractivity (Wildman–Crippen MR) is 68.8 cm³/mol. The van der Waals surface area contributed by atoms with Crippen molar-refractivity contribution in [3.63, 3.8) is 0 Å². The molecule has 0 radical (unpaired) electrons. The topological polar surface area (TPSA) is 78.3 Å². The van der Waals surface area contributed by atoms with Crippen molar-refractivity contribution in [2.24, 2.45) is 5.73 Å². The first-order chi connectivity index (χ1) is 8.13. The third-order valence-electron chi connectivity index (χ3n) is 2.50. The Morgan fingerprint density at radius 3 is 2.76 bits per heavy atom. The summed E-state index contributed by atoms with van der Waals surface area (Å²) in [5.74, 6) is 0.232. The van der Waals surface area contributed by atoms with Crippen LogP contribution < -0.4 is 16.2 Å². The number of ether oxygens (including phenoxy) is 1. The molecule has 4 nitrogen and oxygen atoms in total. The Hall–Kier alpha value is -1.71. The molecule has 4 N–H and O–H groups in total. The van der Waals surface area contributed by atoms with Crippen molar-refractivity contribution in [3.05, 3.63) is 23.8 Å². The number of nitrogens with two attached hydrogens (primary N) is 2. The minimum absolute atomic E-state index is 0.0926. The number of rotatable bonds is 7. The molecular formula is C13H20N2O2. The monoisotopic (exact) mass is 236 g/mol.